The summed E-state index contributed by atoms with van der Waals surface area (Å²) in [5.74, 6) is -2.53. The van der Waals surface area contributed by atoms with Crippen LogP contribution < -0.4 is 16.8 Å². The normalized spacial score (nSPS) is 11.5. The molecule has 1 aromatic heterocycles. The minimum Gasteiger partial charge on any atom is -0.478 e. The molecule has 30 heavy (non-hydrogen) atoms. The quantitative estimate of drug-likeness (QED) is 0.161. The van der Waals surface area contributed by atoms with E-state index >= 15 is 0 Å². The number of amides is 1. The minimum atomic E-state index is -4.41. The number of anilines is 1. The van der Waals surface area contributed by atoms with Gasteiger partial charge in [-0.2, -0.15) is 13.2 Å². The van der Waals surface area contributed by atoms with E-state index in [1.807, 2.05) is 0 Å². The van der Waals surface area contributed by atoms with Gasteiger partial charge >= 0.3 is 18.1 Å². The van der Waals surface area contributed by atoms with Gasteiger partial charge in [0.15, 0.2) is 5.96 Å². The van der Waals surface area contributed by atoms with Crippen molar-refractivity contribution in [2.24, 2.45) is 16.5 Å². The molecule has 1 heterocycles. The number of halogens is 3. The van der Waals surface area contributed by atoms with E-state index in [1.54, 1.807) is 0 Å². The number of hydrogen-bond donors (Lipinski definition) is 5. The molecule has 0 aliphatic rings. The van der Waals surface area contributed by atoms with Gasteiger partial charge in [0.25, 0.3) is 0 Å². The number of aliphatic imine (C=N–C) groups is 1. The van der Waals surface area contributed by atoms with Crippen LogP contribution in [0.5, 0.6) is 0 Å². The highest BCUT2D eigenvalue weighted by molar-refractivity contribution is 5.91. The summed E-state index contributed by atoms with van der Waals surface area (Å²) in [6, 6.07) is 1.46. The summed E-state index contributed by atoms with van der Waals surface area (Å²) in [7, 11) is 0. The van der Waals surface area contributed by atoms with E-state index in [-0.39, 0.29) is 24.1 Å². The second-order valence-electron chi connectivity index (χ2n) is 5.48. The lowest BCUT2D eigenvalue weighted by Crippen LogP contribution is -2.26. The van der Waals surface area contributed by atoms with Crippen molar-refractivity contribution in [1.29, 1.82) is 0 Å². The van der Waals surface area contributed by atoms with E-state index in [9.17, 15) is 27.6 Å². The SMILES string of the molecule is NC(=O)CCCCc1nccc(NC(N)=NCC(F)(F)F)n1.O=C(O)C=CC(=O)O. The Morgan fingerprint density at radius 2 is 1.73 bits per heavy atom. The van der Waals surface area contributed by atoms with E-state index in [2.05, 4.69) is 20.3 Å². The molecule has 0 saturated heterocycles. The number of nitrogens with two attached hydrogens (primary N) is 2. The zero-order chi connectivity index (χ0) is 23.2. The largest absolute Gasteiger partial charge is 0.478 e. The van der Waals surface area contributed by atoms with Gasteiger partial charge in [-0.05, 0) is 18.9 Å². The number of rotatable bonds is 9. The summed E-state index contributed by atoms with van der Waals surface area (Å²) in [5.41, 5.74) is 10.4. The Balaban J connectivity index is 0.000000890. The molecule has 0 radical (unpaired) electrons. The molecule has 0 saturated carbocycles. The van der Waals surface area contributed by atoms with Gasteiger partial charge in [-0.15, -0.1) is 0 Å². The third-order valence-electron chi connectivity index (χ3n) is 2.83. The Hall–Kier alpha value is -3.71. The molecule has 0 aliphatic carbocycles. The zero-order valence-corrected chi connectivity index (χ0v) is 15.6. The summed E-state index contributed by atoms with van der Waals surface area (Å²) in [6.45, 7) is -1.36. The van der Waals surface area contributed by atoms with Crippen LogP contribution in [-0.4, -0.2) is 56.7 Å². The van der Waals surface area contributed by atoms with Gasteiger partial charge in [0.2, 0.25) is 5.91 Å². The van der Waals surface area contributed by atoms with Crippen molar-refractivity contribution in [2.75, 3.05) is 11.9 Å². The number of alkyl halides is 3. The van der Waals surface area contributed by atoms with E-state index in [1.165, 1.54) is 12.3 Å². The minimum absolute atomic E-state index is 0.253. The highest BCUT2D eigenvalue weighted by Gasteiger charge is 2.26. The molecule has 0 aliphatic heterocycles. The molecule has 1 rings (SSSR count). The predicted octanol–water partition coefficient (Wildman–Crippen LogP) is 0.675. The highest BCUT2D eigenvalue weighted by atomic mass is 19.4. The Labute approximate surface area is 168 Å². The average Bonchev–Trinajstić information content (AvgIpc) is 2.62. The first-order chi connectivity index (χ1) is 13.9. The molecule has 166 valence electrons. The molecule has 1 aromatic rings. The lowest BCUT2D eigenvalue weighted by atomic mass is 10.2. The molecule has 0 fully saturated rings. The lowest BCUT2D eigenvalue weighted by molar-refractivity contribution is -0.134. The van der Waals surface area contributed by atoms with Crippen molar-refractivity contribution < 1.29 is 37.8 Å². The number of nitrogens with zero attached hydrogens (tertiary/aromatic N) is 3. The molecule has 0 aromatic carbocycles. The fourth-order valence-corrected chi connectivity index (χ4v) is 1.66. The Bertz CT molecular complexity index is 767. The van der Waals surface area contributed by atoms with Crippen LogP contribution in [0.3, 0.4) is 0 Å². The van der Waals surface area contributed by atoms with Gasteiger partial charge in [0.1, 0.15) is 18.2 Å². The first kappa shape index (κ1) is 26.3. The van der Waals surface area contributed by atoms with Gasteiger partial charge < -0.3 is 27.0 Å². The second-order valence-corrected chi connectivity index (χ2v) is 5.48. The van der Waals surface area contributed by atoms with Crippen LogP contribution in [0.25, 0.3) is 0 Å². The maximum Gasteiger partial charge on any atom is 0.408 e. The fourth-order valence-electron chi connectivity index (χ4n) is 1.66. The number of carbonyl (C=O) groups is 3. The number of primary amides is 1. The third kappa shape index (κ3) is 16.5. The molecule has 0 unspecified atom stereocenters. The molecule has 11 nitrogen and oxygen atoms in total. The van der Waals surface area contributed by atoms with E-state index in [0.29, 0.717) is 37.2 Å². The van der Waals surface area contributed by atoms with Crippen molar-refractivity contribution in [2.45, 2.75) is 31.9 Å². The molecule has 0 spiro atoms. The van der Waals surface area contributed by atoms with Gasteiger partial charge in [-0.1, -0.05) is 0 Å². The molecule has 0 atom stereocenters. The van der Waals surface area contributed by atoms with Crippen LogP contribution >= 0.6 is 0 Å². The van der Waals surface area contributed by atoms with Crippen molar-refractivity contribution in [3.63, 3.8) is 0 Å². The topological polar surface area (TPSA) is 194 Å². The number of hydrogen-bond acceptors (Lipinski definition) is 6. The van der Waals surface area contributed by atoms with Crippen molar-refractivity contribution in [3.05, 3.63) is 30.2 Å². The number of guanidine groups is 1. The second kappa shape index (κ2) is 13.5. The molecular weight excluding hydrogens is 413 g/mol. The summed E-state index contributed by atoms with van der Waals surface area (Å²) in [5, 5.41) is 18.1. The van der Waals surface area contributed by atoms with Crippen LogP contribution in [0.2, 0.25) is 0 Å². The van der Waals surface area contributed by atoms with Gasteiger partial charge in [-0.3, -0.25) is 4.79 Å². The van der Waals surface area contributed by atoms with Gasteiger partial charge in [0.05, 0.1) is 0 Å². The summed E-state index contributed by atoms with van der Waals surface area (Å²) in [4.78, 5) is 41.0. The standard InChI is InChI=1S/C12H17F3N6O.C4H4O4/c13-12(14,15)7-19-11(17)21-10-5-6-18-9(20-10)4-2-1-3-8(16)22;5-3(6)1-2-4(7)8/h5-6H,1-4,7H2,(H2,16,22)(H3,17,18,19,20,21);1-2H,(H,5,6)(H,7,8). The maximum atomic E-state index is 12.0. The summed E-state index contributed by atoms with van der Waals surface area (Å²) in [6.07, 6.45) is 0.247. The van der Waals surface area contributed by atoms with Gasteiger partial charge in [0, 0.05) is 31.2 Å². The highest BCUT2D eigenvalue weighted by Crippen LogP contribution is 2.14. The van der Waals surface area contributed by atoms with Crippen molar-refractivity contribution in [3.8, 4) is 0 Å². The summed E-state index contributed by atoms with van der Waals surface area (Å²) >= 11 is 0. The number of carboxylic acids is 2. The molecule has 1 amide bonds. The number of aromatic nitrogens is 2. The number of carbonyl (C=O) groups excluding carboxylic acids is 1. The number of aliphatic carboxylic acids is 2. The smallest absolute Gasteiger partial charge is 0.408 e. The number of aryl methyl sites for hydroxylation is 1. The first-order valence-electron chi connectivity index (χ1n) is 8.27. The monoisotopic (exact) mass is 434 g/mol. The number of carboxylic acid groups (broad SMARTS) is 2. The average molecular weight is 434 g/mol. The van der Waals surface area contributed by atoms with E-state index in [4.69, 9.17) is 21.7 Å². The molecule has 0 bridgehead atoms. The van der Waals surface area contributed by atoms with Crippen LogP contribution in [-0.2, 0) is 20.8 Å². The molecule has 14 heteroatoms. The van der Waals surface area contributed by atoms with Crippen LogP contribution in [0.15, 0.2) is 29.4 Å². The zero-order valence-electron chi connectivity index (χ0n) is 15.6. The molecule has 7 N–H and O–H groups in total. The molecular formula is C16H21F3N6O5. The van der Waals surface area contributed by atoms with Crippen LogP contribution in [0.1, 0.15) is 25.1 Å². The maximum absolute atomic E-state index is 12.0. The van der Waals surface area contributed by atoms with E-state index < -0.39 is 24.7 Å². The lowest BCUT2D eigenvalue weighted by Gasteiger charge is -2.07. The van der Waals surface area contributed by atoms with Crippen molar-refractivity contribution >= 4 is 29.6 Å². The first-order valence-corrected chi connectivity index (χ1v) is 8.27. The Morgan fingerprint density at radius 3 is 2.23 bits per heavy atom. The van der Waals surface area contributed by atoms with Gasteiger partial charge in [-0.25, -0.2) is 24.5 Å². The third-order valence-corrected chi connectivity index (χ3v) is 2.83. The predicted molar refractivity (Wildman–Crippen MR) is 99.4 cm³/mol. The number of unbranched alkanes of at least 4 members (excludes halogenated alkanes) is 1. The van der Waals surface area contributed by atoms with Crippen molar-refractivity contribution in [1.82, 2.24) is 9.97 Å². The Morgan fingerprint density at radius 1 is 1.13 bits per heavy atom. The van der Waals surface area contributed by atoms with E-state index in [0.717, 1.165) is 0 Å². The Kier molecular flexibility index (Phi) is 11.8. The van der Waals surface area contributed by atoms with Crippen LogP contribution in [0.4, 0.5) is 19.0 Å². The summed E-state index contributed by atoms with van der Waals surface area (Å²) < 4.78 is 36.0. The number of nitrogens with one attached hydrogen (secondary N) is 1. The van der Waals surface area contributed by atoms with Crippen LogP contribution in [0, 0.1) is 0 Å². The fraction of sp³-hybridized carbons (Fsp3) is 0.375.